The van der Waals surface area contributed by atoms with E-state index in [0.717, 1.165) is 29.3 Å². The maximum Gasteiger partial charge on any atom is 0.224 e. The second-order valence-corrected chi connectivity index (χ2v) is 5.62. The number of carbonyl (C=O) groups excluding carboxylic acids is 1. The highest BCUT2D eigenvalue weighted by Gasteiger charge is 2.15. The summed E-state index contributed by atoms with van der Waals surface area (Å²) >= 11 is 0. The zero-order chi connectivity index (χ0) is 13.8. The second kappa shape index (κ2) is 8.96. The zero-order valence-electron chi connectivity index (χ0n) is 12.5. The predicted octanol–water partition coefficient (Wildman–Crippen LogP) is 4.07. The fraction of sp³-hybridized carbons (Fsp3) is 0.412. The van der Waals surface area contributed by atoms with Crippen molar-refractivity contribution in [1.29, 1.82) is 0 Å². The lowest BCUT2D eigenvalue weighted by Gasteiger charge is -2.22. The summed E-state index contributed by atoms with van der Waals surface area (Å²) in [6, 6.07) is 10.4. The van der Waals surface area contributed by atoms with Crippen LogP contribution in [-0.2, 0) is 11.2 Å². The van der Waals surface area contributed by atoms with Crippen molar-refractivity contribution in [2.24, 2.45) is 0 Å². The minimum atomic E-state index is 0. The van der Waals surface area contributed by atoms with Crippen LogP contribution in [0.25, 0.3) is 10.9 Å². The van der Waals surface area contributed by atoms with Gasteiger partial charge >= 0.3 is 0 Å². The molecule has 1 saturated carbocycles. The highest BCUT2D eigenvalue weighted by molar-refractivity contribution is 5.85. The first-order chi connectivity index (χ1) is 9.81. The molecule has 0 radical (unpaired) electrons. The highest BCUT2D eigenvalue weighted by Crippen LogP contribution is 2.18. The van der Waals surface area contributed by atoms with E-state index < -0.39 is 0 Å². The molecule has 3 nitrogen and oxygen atoms in total. The number of benzene rings is 1. The Labute approximate surface area is 143 Å². The maximum absolute atomic E-state index is 12.1. The third-order valence-electron chi connectivity index (χ3n) is 3.98. The molecule has 1 fully saturated rings. The lowest BCUT2D eigenvalue weighted by Crippen LogP contribution is -2.37. The summed E-state index contributed by atoms with van der Waals surface area (Å²) in [5.74, 6) is 0.119. The number of amides is 1. The van der Waals surface area contributed by atoms with E-state index in [0.29, 0.717) is 12.5 Å². The van der Waals surface area contributed by atoms with Crippen molar-refractivity contribution < 1.29 is 4.79 Å². The number of fused-ring (bicyclic) bond motifs is 1. The van der Waals surface area contributed by atoms with Gasteiger partial charge in [0.1, 0.15) is 0 Å². The molecular formula is C17H22Cl2N2O. The smallest absolute Gasteiger partial charge is 0.224 e. The van der Waals surface area contributed by atoms with Gasteiger partial charge in [0.15, 0.2) is 0 Å². The molecule has 1 amide bonds. The Balaban J connectivity index is 0.00000121. The number of pyridine rings is 1. The van der Waals surface area contributed by atoms with Gasteiger partial charge in [0, 0.05) is 17.6 Å². The highest BCUT2D eigenvalue weighted by atomic mass is 35.5. The fourth-order valence-electron chi connectivity index (χ4n) is 2.92. The van der Waals surface area contributed by atoms with E-state index in [1.165, 1.54) is 19.3 Å². The Bertz CT molecular complexity index is 612. The van der Waals surface area contributed by atoms with Crippen molar-refractivity contribution in [3.63, 3.8) is 0 Å². The van der Waals surface area contributed by atoms with Crippen molar-refractivity contribution in [2.75, 3.05) is 0 Å². The Kier molecular flexibility index (Phi) is 7.63. The quantitative estimate of drug-likeness (QED) is 0.914. The zero-order valence-corrected chi connectivity index (χ0v) is 14.1. The van der Waals surface area contributed by atoms with Crippen LogP contribution in [-0.4, -0.2) is 16.9 Å². The molecular weight excluding hydrogens is 319 g/mol. The molecule has 22 heavy (non-hydrogen) atoms. The monoisotopic (exact) mass is 340 g/mol. The number of rotatable bonds is 3. The van der Waals surface area contributed by atoms with Crippen molar-refractivity contribution in [1.82, 2.24) is 10.3 Å². The number of carbonyl (C=O) groups is 1. The number of hydrogen-bond acceptors (Lipinski definition) is 2. The second-order valence-electron chi connectivity index (χ2n) is 5.62. The molecule has 1 aromatic carbocycles. The van der Waals surface area contributed by atoms with Crippen LogP contribution in [0.3, 0.4) is 0 Å². The molecule has 120 valence electrons. The molecule has 0 atom stereocenters. The molecule has 1 aliphatic rings. The number of aromatic nitrogens is 1. The van der Waals surface area contributed by atoms with Gasteiger partial charge in [-0.2, -0.15) is 0 Å². The molecule has 1 N–H and O–H groups in total. The number of hydrogen-bond donors (Lipinski definition) is 1. The first-order valence-corrected chi connectivity index (χ1v) is 7.44. The lowest BCUT2D eigenvalue weighted by atomic mass is 9.95. The Morgan fingerprint density at radius 1 is 1.14 bits per heavy atom. The van der Waals surface area contributed by atoms with Crippen LogP contribution in [0.15, 0.2) is 36.5 Å². The standard InChI is InChI=1S/C17H20N2O.2ClH/c20-17(19-15-7-2-1-3-8-15)11-13-10-14-6-4-5-9-16(14)18-12-13;;/h4-6,9-10,12,15H,1-3,7-8,11H2,(H,19,20);2*1H. The maximum atomic E-state index is 12.1. The third kappa shape index (κ3) is 4.85. The van der Waals surface area contributed by atoms with Crippen LogP contribution in [0.5, 0.6) is 0 Å². The van der Waals surface area contributed by atoms with Gasteiger partial charge in [0.05, 0.1) is 11.9 Å². The lowest BCUT2D eigenvalue weighted by molar-refractivity contribution is -0.121. The molecule has 0 aliphatic heterocycles. The number of halogens is 2. The number of nitrogens with zero attached hydrogens (tertiary/aromatic N) is 1. The molecule has 5 heteroatoms. The molecule has 1 aliphatic carbocycles. The van der Waals surface area contributed by atoms with Crippen LogP contribution in [0.1, 0.15) is 37.7 Å². The molecule has 1 heterocycles. The van der Waals surface area contributed by atoms with E-state index in [1.54, 1.807) is 0 Å². The van der Waals surface area contributed by atoms with E-state index in [1.807, 2.05) is 30.5 Å². The first kappa shape index (κ1) is 18.7. The Hall–Kier alpha value is -1.32. The Morgan fingerprint density at radius 2 is 1.86 bits per heavy atom. The molecule has 2 aromatic rings. The normalized spacial score (nSPS) is 14.7. The molecule has 0 unspecified atom stereocenters. The van der Waals surface area contributed by atoms with Crippen molar-refractivity contribution in [2.45, 2.75) is 44.6 Å². The van der Waals surface area contributed by atoms with Crippen LogP contribution in [0.4, 0.5) is 0 Å². The van der Waals surface area contributed by atoms with E-state index in [9.17, 15) is 4.79 Å². The summed E-state index contributed by atoms with van der Waals surface area (Å²) in [5, 5.41) is 4.24. The van der Waals surface area contributed by atoms with E-state index >= 15 is 0 Å². The fourth-order valence-corrected chi connectivity index (χ4v) is 2.92. The summed E-state index contributed by atoms with van der Waals surface area (Å²) < 4.78 is 0. The van der Waals surface area contributed by atoms with Crippen molar-refractivity contribution >= 4 is 41.6 Å². The predicted molar refractivity (Wildman–Crippen MR) is 95.0 cm³/mol. The van der Waals surface area contributed by atoms with Crippen LogP contribution in [0.2, 0.25) is 0 Å². The van der Waals surface area contributed by atoms with Gasteiger partial charge in [-0.1, -0.05) is 37.5 Å². The Morgan fingerprint density at radius 3 is 2.64 bits per heavy atom. The minimum absolute atomic E-state index is 0. The number of nitrogens with one attached hydrogen (secondary N) is 1. The summed E-state index contributed by atoms with van der Waals surface area (Å²) in [6.45, 7) is 0. The van der Waals surface area contributed by atoms with Gasteiger partial charge in [-0.15, -0.1) is 24.8 Å². The van der Waals surface area contributed by atoms with Crippen LogP contribution < -0.4 is 5.32 Å². The largest absolute Gasteiger partial charge is 0.353 e. The number of para-hydroxylation sites is 1. The van der Waals surface area contributed by atoms with E-state index in [-0.39, 0.29) is 30.7 Å². The van der Waals surface area contributed by atoms with Crippen molar-refractivity contribution in [3.8, 4) is 0 Å². The minimum Gasteiger partial charge on any atom is -0.353 e. The van der Waals surface area contributed by atoms with E-state index in [4.69, 9.17) is 0 Å². The topological polar surface area (TPSA) is 42.0 Å². The van der Waals surface area contributed by atoms with Crippen molar-refractivity contribution in [3.05, 3.63) is 42.1 Å². The first-order valence-electron chi connectivity index (χ1n) is 7.44. The summed E-state index contributed by atoms with van der Waals surface area (Å²) in [6.07, 6.45) is 8.27. The van der Waals surface area contributed by atoms with Crippen LogP contribution >= 0.6 is 24.8 Å². The molecule has 3 rings (SSSR count). The average Bonchev–Trinajstić information content (AvgIpc) is 2.48. The molecule has 0 spiro atoms. The molecule has 0 bridgehead atoms. The molecule has 1 aromatic heterocycles. The van der Waals surface area contributed by atoms with Gasteiger partial charge in [-0.3, -0.25) is 9.78 Å². The molecule has 0 saturated heterocycles. The van der Waals surface area contributed by atoms with Gasteiger partial charge in [0.25, 0.3) is 0 Å². The SMILES string of the molecule is Cl.Cl.O=C(Cc1cnc2ccccc2c1)NC1CCCCC1. The van der Waals surface area contributed by atoms with E-state index in [2.05, 4.69) is 16.4 Å². The average molecular weight is 341 g/mol. The van der Waals surface area contributed by atoms with Gasteiger partial charge < -0.3 is 5.32 Å². The summed E-state index contributed by atoms with van der Waals surface area (Å²) in [4.78, 5) is 16.5. The van der Waals surface area contributed by atoms with Gasteiger partial charge in [-0.25, -0.2) is 0 Å². The summed E-state index contributed by atoms with van der Waals surface area (Å²) in [5.41, 5.74) is 1.96. The van der Waals surface area contributed by atoms with Crippen LogP contribution in [0, 0.1) is 0 Å². The summed E-state index contributed by atoms with van der Waals surface area (Å²) in [7, 11) is 0. The van der Waals surface area contributed by atoms with Gasteiger partial charge in [0.2, 0.25) is 5.91 Å². The van der Waals surface area contributed by atoms with Gasteiger partial charge in [-0.05, 0) is 30.5 Å². The third-order valence-corrected chi connectivity index (χ3v) is 3.98.